The Balaban J connectivity index is 2.16. The molecule has 0 saturated carbocycles. The van der Waals surface area contributed by atoms with Crippen LogP contribution in [0.15, 0.2) is 30.5 Å². The molecule has 0 aliphatic heterocycles. The molecule has 23 heavy (non-hydrogen) atoms. The number of hydrogen-bond donors (Lipinski definition) is 3. The Labute approximate surface area is 130 Å². The zero-order chi connectivity index (χ0) is 16.4. The van der Waals surface area contributed by atoms with Crippen LogP contribution in [0.3, 0.4) is 0 Å². The van der Waals surface area contributed by atoms with Crippen molar-refractivity contribution in [1.82, 2.24) is 9.97 Å². The molecule has 0 radical (unpaired) electrons. The smallest absolute Gasteiger partial charge is 0.190 e. The number of H-pyrrole nitrogens is 1. The number of nitrogens with zero attached hydrogens (tertiary/aromatic N) is 1. The van der Waals surface area contributed by atoms with E-state index in [9.17, 15) is 8.78 Å². The Morgan fingerprint density at radius 2 is 2.00 bits per heavy atom. The number of nitrogens with one attached hydrogen (secondary N) is 2. The van der Waals surface area contributed by atoms with Crippen molar-refractivity contribution in [1.29, 1.82) is 0 Å². The number of halogens is 2. The van der Waals surface area contributed by atoms with Crippen molar-refractivity contribution in [3.8, 4) is 16.9 Å². The van der Waals surface area contributed by atoms with Crippen LogP contribution < -0.4 is 10.1 Å². The van der Waals surface area contributed by atoms with Gasteiger partial charge in [-0.25, -0.2) is 13.8 Å². The van der Waals surface area contributed by atoms with Gasteiger partial charge < -0.3 is 20.1 Å². The molecule has 0 fully saturated rings. The van der Waals surface area contributed by atoms with Crippen LogP contribution in [-0.4, -0.2) is 35.3 Å². The van der Waals surface area contributed by atoms with Crippen LogP contribution in [0, 0.1) is 11.6 Å². The van der Waals surface area contributed by atoms with Crippen molar-refractivity contribution in [3.63, 3.8) is 0 Å². The minimum absolute atomic E-state index is 0.0500. The SMILES string of the molecule is COc1c(F)cc(-c2cc(NCCO)nc3[nH]ccc23)cc1F. The van der Waals surface area contributed by atoms with Gasteiger partial charge in [0.1, 0.15) is 11.5 Å². The van der Waals surface area contributed by atoms with Gasteiger partial charge in [0.15, 0.2) is 17.4 Å². The summed E-state index contributed by atoms with van der Waals surface area (Å²) >= 11 is 0. The molecule has 0 aliphatic carbocycles. The van der Waals surface area contributed by atoms with Gasteiger partial charge in [0.05, 0.1) is 13.7 Å². The maximum absolute atomic E-state index is 14.0. The fourth-order valence-electron chi connectivity index (χ4n) is 2.46. The van der Waals surface area contributed by atoms with E-state index in [0.717, 1.165) is 5.39 Å². The van der Waals surface area contributed by atoms with E-state index in [1.807, 2.05) is 0 Å². The molecule has 0 bridgehead atoms. The van der Waals surface area contributed by atoms with Gasteiger partial charge in [0.2, 0.25) is 0 Å². The van der Waals surface area contributed by atoms with Gasteiger partial charge in [0, 0.05) is 18.1 Å². The lowest BCUT2D eigenvalue weighted by atomic mass is 10.0. The van der Waals surface area contributed by atoms with Crippen molar-refractivity contribution >= 4 is 16.9 Å². The summed E-state index contributed by atoms with van der Waals surface area (Å²) in [6, 6.07) is 5.92. The first kappa shape index (κ1) is 15.2. The highest BCUT2D eigenvalue weighted by atomic mass is 19.1. The number of pyridine rings is 1. The number of anilines is 1. The van der Waals surface area contributed by atoms with Crippen LogP contribution in [0.5, 0.6) is 5.75 Å². The zero-order valence-electron chi connectivity index (χ0n) is 12.4. The molecule has 3 rings (SSSR count). The summed E-state index contributed by atoms with van der Waals surface area (Å²) in [6.45, 7) is 0.273. The van der Waals surface area contributed by atoms with Crippen LogP contribution in [-0.2, 0) is 0 Å². The Hall–Kier alpha value is -2.67. The van der Waals surface area contributed by atoms with Crippen molar-refractivity contribution in [2.75, 3.05) is 25.6 Å². The molecule has 0 amide bonds. The Morgan fingerprint density at radius 1 is 1.26 bits per heavy atom. The highest BCUT2D eigenvalue weighted by Crippen LogP contribution is 2.33. The Bertz CT molecular complexity index is 825. The van der Waals surface area contributed by atoms with Gasteiger partial charge in [0.25, 0.3) is 0 Å². The summed E-state index contributed by atoms with van der Waals surface area (Å²) in [4.78, 5) is 7.32. The third-order valence-corrected chi connectivity index (χ3v) is 3.46. The molecular formula is C16H15F2N3O2. The summed E-state index contributed by atoms with van der Waals surface area (Å²) in [5.41, 5.74) is 1.58. The summed E-state index contributed by atoms with van der Waals surface area (Å²) in [6.07, 6.45) is 1.70. The third-order valence-electron chi connectivity index (χ3n) is 3.46. The first-order valence-electron chi connectivity index (χ1n) is 7.00. The fourth-order valence-corrected chi connectivity index (χ4v) is 2.46. The topological polar surface area (TPSA) is 70.2 Å². The van der Waals surface area contributed by atoms with Crippen LogP contribution >= 0.6 is 0 Å². The van der Waals surface area contributed by atoms with Gasteiger partial charge in [-0.05, 0) is 35.4 Å². The molecular weight excluding hydrogens is 304 g/mol. The summed E-state index contributed by atoms with van der Waals surface area (Å²) in [5.74, 6) is -1.45. The maximum Gasteiger partial charge on any atom is 0.190 e. The van der Waals surface area contributed by atoms with Gasteiger partial charge in [-0.2, -0.15) is 0 Å². The average Bonchev–Trinajstić information content (AvgIpc) is 3.00. The van der Waals surface area contributed by atoms with E-state index >= 15 is 0 Å². The molecule has 0 atom stereocenters. The predicted octanol–water partition coefficient (Wildman–Crippen LogP) is 2.92. The van der Waals surface area contributed by atoms with Crippen LogP contribution in [0.1, 0.15) is 0 Å². The number of hydrogen-bond acceptors (Lipinski definition) is 4. The molecule has 7 heteroatoms. The molecule has 120 valence electrons. The van der Waals surface area contributed by atoms with Crippen molar-refractivity contribution < 1.29 is 18.6 Å². The third kappa shape index (κ3) is 2.83. The maximum atomic E-state index is 14.0. The number of aliphatic hydroxyl groups is 1. The van der Waals surface area contributed by atoms with E-state index < -0.39 is 17.4 Å². The van der Waals surface area contributed by atoms with E-state index in [0.29, 0.717) is 29.1 Å². The second-order valence-electron chi connectivity index (χ2n) is 4.92. The van der Waals surface area contributed by atoms with Crippen molar-refractivity contribution in [2.45, 2.75) is 0 Å². The molecule has 0 spiro atoms. The van der Waals surface area contributed by atoms with Gasteiger partial charge in [-0.1, -0.05) is 0 Å². The van der Waals surface area contributed by atoms with E-state index in [2.05, 4.69) is 15.3 Å². The number of aromatic amines is 1. The quantitative estimate of drug-likeness (QED) is 0.676. The lowest BCUT2D eigenvalue weighted by Gasteiger charge is -2.11. The van der Waals surface area contributed by atoms with Crippen LogP contribution in [0.2, 0.25) is 0 Å². The zero-order valence-corrected chi connectivity index (χ0v) is 12.4. The molecule has 0 aliphatic rings. The molecule has 2 heterocycles. The molecule has 0 unspecified atom stereocenters. The number of benzene rings is 1. The highest BCUT2D eigenvalue weighted by molar-refractivity contribution is 5.94. The molecule has 2 aromatic heterocycles. The first-order valence-corrected chi connectivity index (χ1v) is 7.00. The molecule has 1 aromatic carbocycles. The lowest BCUT2D eigenvalue weighted by molar-refractivity contribution is 0.311. The van der Waals surface area contributed by atoms with Crippen molar-refractivity contribution in [3.05, 3.63) is 42.1 Å². The fraction of sp³-hybridized carbons (Fsp3) is 0.188. The summed E-state index contributed by atoms with van der Waals surface area (Å²) < 4.78 is 32.7. The Kier molecular flexibility index (Phi) is 4.12. The van der Waals surface area contributed by atoms with E-state index in [-0.39, 0.29) is 6.61 Å². The second-order valence-corrected chi connectivity index (χ2v) is 4.92. The summed E-state index contributed by atoms with van der Waals surface area (Å²) in [7, 11) is 1.22. The predicted molar refractivity (Wildman–Crippen MR) is 83.6 cm³/mol. The normalized spacial score (nSPS) is 11.0. The van der Waals surface area contributed by atoms with Gasteiger partial charge in [-0.3, -0.25) is 0 Å². The van der Waals surface area contributed by atoms with Gasteiger partial charge in [-0.15, -0.1) is 0 Å². The number of aliphatic hydroxyl groups excluding tert-OH is 1. The standard InChI is InChI=1S/C16H15F2N3O2/c1-23-15-12(17)6-9(7-13(15)18)11-8-14(19-4-5-22)21-16-10(11)2-3-20-16/h2-3,6-8,22H,4-5H2,1H3,(H2,19,20,21). The molecule has 3 aromatic rings. The monoisotopic (exact) mass is 319 g/mol. The number of methoxy groups -OCH3 is 1. The van der Waals surface area contributed by atoms with E-state index in [4.69, 9.17) is 9.84 Å². The number of ether oxygens (including phenoxy) is 1. The summed E-state index contributed by atoms with van der Waals surface area (Å²) in [5, 5.41) is 12.6. The second kappa shape index (κ2) is 6.21. The number of fused-ring (bicyclic) bond motifs is 1. The minimum atomic E-state index is -0.770. The van der Waals surface area contributed by atoms with Gasteiger partial charge >= 0.3 is 0 Å². The molecule has 3 N–H and O–H groups in total. The first-order chi connectivity index (χ1) is 11.1. The van der Waals surface area contributed by atoms with E-state index in [1.165, 1.54) is 19.2 Å². The highest BCUT2D eigenvalue weighted by Gasteiger charge is 2.15. The van der Waals surface area contributed by atoms with Crippen LogP contribution in [0.4, 0.5) is 14.6 Å². The number of rotatable bonds is 5. The number of aromatic nitrogens is 2. The molecule has 0 saturated heterocycles. The van der Waals surface area contributed by atoms with E-state index in [1.54, 1.807) is 18.3 Å². The Morgan fingerprint density at radius 3 is 2.65 bits per heavy atom. The average molecular weight is 319 g/mol. The minimum Gasteiger partial charge on any atom is -0.491 e. The van der Waals surface area contributed by atoms with Crippen LogP contribution in [0.25, 0.3) is 22.2 Å². The lowest BCUT2D eigenvalue weighted by Crippen LogP contribution is -2.07. The van der Waals surface area contributed by atoms with Crippen molar-refractivity contribution in [2.24, 2.45) is 0 Å². The largest absolute Gasteiger partial charge is 0.491 e. The molecule has 5 nitrogen and oxygen atoms in total.